The fourth-order valence-corrected chi connectivity index (χ4v) is 3.06. The first-order valence-electron chi connectivity index (χ1n) is 5.16. The van der Waals surface area contributed by atoms with Crippen molar-refractivity contribution in [1.82, 2.24) is 10.3 Å². The van der Waals surface area contributed by atoms with Gasteiger partial charge in [-0.05, 0) is 14.0 Å². The molecule has 2 nitrogen and oxygen atoms in total. The van der Waals surface area contributed by atoms with Crippen LogP contribution in [0.25, 0.3) is 0 Å². The summed E-state index contributed by atoms with van der Waals surface area (Å²) < 4.78 is 0.322. The third-order valence-corrected chi connectivity index (χ3v) is 4.53. The number of thioether (sulfide) groups is 1. The van der Waals surface area contributed by atoms with Gasteiger partial charge in [0.05, 0.1) is 5.69 Å². The molecule has 0 aliphatic rings. The fourth-order valence-electron chi connectivity index (χ4n) is 1.15. The lowest BCUT2D eigenvalue weighted by Crippen LogP contribution is -2.07. The van der Waals surface area contributed by atoms with Gasteiger partial charge in [-0.25, -0.2) is 4.98 Å². The Hall–Kier alpha value is -0.0600. The normalized spacial score (nSPS) is 12.1. The minimum Gasteiger partial charge on any atom is -0.315 e. The lowest BCUT2D eigenvalue weighted by atomic mass is 10.3. The maximum absolute atomic E-state index is 4.59. The molecule has 0 fully saturated rings. The van der Waals surface area contributed by atoms with Gasteiger partial charge in [0.2, 0.25) is 0 Å². The van der Waals surface area contributed by atoms with Gasteiger partial charge in [-0.2, -0.15) is 0 Å². The van der Waals surface area contributed by atoms with E-state index in [1.165, 1.54) is 15.6 Å². The number of aromatic nitrogens is 1. The Bertz CT molecular complexity index is 313. The predicted molar refractivity (Wildman–Crippen MR) is 70.7 cm³/mol. The molecular formula is C11H20N2S2. The highest BCUT2D eigenvalue weighted by Crippen LogP contribution is 2.29. The van der Waals surface area contributed by atoms with Crippen molar-refractivity contribution in [3.8, 4) is 0 Å². The van der Waals surface area contributed by atoms with Crippen LogP contribution < -0.4 is 5.32 Å². The summed E-state index contributed by atoms with van der Waals surface area (Å²) in [5, 5.41) is 4.42. The van der Waals surface area contributed by atoms with Crippen LogP contribution in [0.15, 0.2) is 0 Å². The second-order valence-corrected chi connectivity index (χ2v) is 7.52. The molecule has 0 radical (unpaired) electrons. The number of nitrogens with one attached hydrogen (secondary N) is 1. The number of hydrogen-bond acceptors (Lipinski definition) is 4. The Balaban J connectivity index is 2.59. The van der Waals surface area contributed by atoms with Crippen LogP contribution in [0, 0.1) is 6.92 Å². The van der Waals surface area contributed by atoms with Gasteiger partial charge in [-0.3, -0.25) is 0 Å². The number of thiazole rings is 1. The number of hydrogen-bond donors (Lipinski definition) is 1. The molecule has 4 heteroatoms. The van der Waals surface area contributed by atoms with Gasteiger partial charge < -0.3 is 5.32 Å². The Labute approximate surface area is 101 Å². The van der Waals surface area contributed by atoms with E-state index in [0.717, 1.165) is 12.3 Å². The molecule has 0 spiro atoms. The first-order valence-corrected chi connectivity index (χ1v) is 6.96. The van der Waals surface area contributed by atoms with Gasteiger partial charge in [-0.15, -0.1) is 23.1 Å². The smallest absolute Gasteiger partial charge is 0.103 e. The summed E-state index contributed by atoms with van der Waals surface area (Å²) in [4.78, 5) is 5.95. The molecule has 1 aromatic rings. The van der Waals surface area contributed by atoms with Crippen LogP contribution in [0.1, 0.15) is 36.3 Å². The molecule has 0 saturated carbocycles. The van der Waals surface area contributed by atoms with Gasteiger partial charge in [0.1, 0.15) is 5.01 Å². The quantitative estimate of drug-likeness (QED) is 0.880. The summed E-state index contributed by atoms with van der Waals surface area (Å²) in [6.07, 6.45) is 0. The van der Waals surface area contributed by atoms with Crippen LogP contribution in [-0.4, -0.2) is 16.8 Å². The number of nitrogens with zero attached hydrogens (tertiary/aromatic N) is 1. The zero-order chi connectivity index (χ0) is 11.5. The van der Waals surface area contributed by atoms with Crippen molar-refractivity contribution in [3.63, 3.8) is 0 Å². The zero-order valence-corrected chi connectivity index (χ0v) is 11.8. The lowest BCUT2D eigenvalue weighted by molar-refractivity contribution is 0.802. The van der Waals surface area contributed by atoms with Crippen molar-refractivity contribution >= 4 is 23.1 Å². The van der Waals surface area contributed by atoms with E-state index in [2.05, 4.69) is 38.0 Å². The van der Waals surface area contributed by atoms with Crippen molar-refractivity contribution in [2.75, 3.05) is 7.05 Å². The molecule has 0 aliphatic carbocycles. The molecule has 1 heterocycles. The van der Waals surface area contributed by atoms with Crippen LogP contribution in [0.4, 0.5) is 0 Å². The molecule has 1 aromatic heterocycles. The van der Waals surface area contributed by atoms with Gasteiger partial charge in [-0.1, -0.05) is 20.8 Å². The second-order valence-electron chi connectivity index (χ2n) is 4.55. The average molecular weight is 244 g/mol. The highest BCUT2D eigenvalue weighted by molar-refractivity contribution is 7.99. The molecule has 1 N–H and O–H groups in total. The Morgan fingerprint density at radius 3 is 2.60 bits per heavy atom. The summed E-state index contributed by atoms with van der Waals surface area (Å²) in [5.41, 5.74) is 1.18. The highest BCUT2D eigenvalue weighted by atomic mass is 32.2. The third kappa shape index (κ3) is 4.53. The molecule has 15 heavy (non-hydrogen) atoms. The van der Waals surface area contributed by atoms with E-state index in [0.29, 0.717) is 4.75 Å². The summed E-state index contributed by atoms with van der Waals surface area (Å²) >= 11 is 3.78. The van der Waals surface area contributed by atoms with Crippen molar-refractivity contribution in [2.24, 2.45) is 0 Å². The van der Waals surface area contributed by atoms with Gasteiger partial charge in [0.15, 0.2) is 0 Å². The average Bonchev–Trinajstić information content (AvgIpc) is 2.44. The van der Waals surface area contributed by atoms with Crippen molar-refractivity contribution < 1.29 is 0 Å². The predicted octanol–water partition coefficient (Wildman–Crippen LogP) is 3.20. The maximum Gasteiger partial charge on any atom is 0.103 e. The van der Waals surface area contributed by atoms with Crippen molar-refractivity contribution in [3.05, 3.63) is 15.6 Å². The molecular weight excluding hydrogens is 224 g/mol. The topological polar surface area (TPSA) is 24.9 Å². The first-order chi connectivity index (χ1) is 6.92. The summed E-state index contributed by atoms with van der Waals surface area (Å²) in [6.45, 7) is 9.75. The molecule has 86 valence electrons. The van der Waals surface area contributed by atoms with E-state index >= 15 is 0 Å². The number of aryl methyl sites for hydroxylation is 1. The lowest BCUT2D eigenvalue weighted by Gasteiger charge is -2.16. The summed E-state index contributed by atoms with van der Waals surface area (Å²) in [5.74, 6) is 1.03. The van der Waals surface area contributed by atoms with Gasteiger partial charge in [0, 0.05) is 21.9 Å². The van der Waals surface area contributed by atoms with Gasteiger partial charge in [0.25, 0.3) is 0 Å². The molecule has 1 rings (SSSR count). The van der Waals surface area contributed by atoms with Crippen LogP contribution in [0.5, 0.6) is 0 Å². The van der Waals surface area contributed by atoms with E-state index in [1.54, 1.807) is 0 Å². The minimum absolute atomic E-state index is 0.322. The molecule has 0 bridgehead atoms. The second kappa shape index (κ2) is 5.32. The minimum atomic E-state index is 0.322. The monoisotopic (exact) mass is 244 g/mol. The van der Waals surface area contributed by atoms with E-state index in [4.69, 9.17) is 0 Å². The van der Waals surface area contributed by atoms with Crippen LogP contribution in [-0.2, 0) is 12.3 Å². The molecule has 0 unspecified atom stereocenters. The van der Waals surface area contributed by atoms with Gasteiger partial charge >= 0.3 is 0 Å². The van der Waals surface area contributed by atoms with Crippen molar-refractivity contribution in [2.45, 2.75) is 44.7 Å². The largest absolute Gasteiger partial charge is 0.315 e. The van der Waals surface area contributed by atoms with Crippen LogP contribution in [0.3, 0.4) is 0 Å². The summed E-state index contributed by atoms with van der Waals surface area (Å²) in [7, 11) is 1.97. The Morgan fingerprint density at radius 2 is 2.07 bits per heavy atom. The Morgan fingerprint density at radius 1 is 1.40 bits per heavy atom. The van der Waals surface area contributed by atoms with Crippen LogP contribution >= 0.6 is 23.1 Å². The van der Waals surface area contributed by atoms with Crippen molar-refractivity contribution in [1.29, 1.82) is 0 Å². The maximum atomic E-state index is 4.59. The zero-order valence-electron chi connectivity index (χ0n) is 10.2. The summed E-state index contributed by atoms with van der Waals surface area (Å²) in [6, 6.07) is 0. The molecule has 0 saturated heterocycles. The van der Waals surface area contributed by atoms with E-state index in [9.17, 15) is 0 Å². The fraction of sp³-hybridized carbons (Fsp3) is 0.727. The molecule has 0 amide bonds. The van der Waals surface area contributed by atoms with E-state index in [-0.39, 0.29) is 0 Å². The highest BCUT2D eigenvalue weighted by Gasteiger charge is 2.13. The molecule has 0 atom stereocenters. The first kappa shape index (κ1) is 13.0. The number of rotatable bonds is 4. The SMILES string of the molecule is CNCc1sc(CSC(C)(C)C)nc1C. The van der Waals surface area contributed by atoms with Crippen LogP contribution in [0.2, 0.25) is 0 Å². The van der Waals surface area contributed by atoms with E-state index in [1.807, 2.05) is 30.1 Å². The molecule has 0 aliphatic heterocycles. The molecule has 0 aromatic carbocycles. The third-order valence-electron chi connectivity index (χ3n) is 1.90. The van der Waals surface area contributed by atoms with E-state index < -0.39 is 0 Å². The standard InChI is InChI=1S/C11H20N2S2/c1-8-9(6-12-5)15-10(13-8)7-14-11(2,3)4/h12H,6-7H2,1-5H3. The Kier molecular flexibility index (Phi) is 4.62.